The van der Waals surface area contributed by atoms with Gasteiger partial charge in [0.15, 0.2) is 0 Å². The van der Waals surface area contributed by atoms with Gasteiger partial charge in [0.2, 0.25) is 0 Å². The highest BCUT2D eigenvalue weighted by atomic mass is 15.0. The Bertz CT molecular complexity index is 351. The third-order valence-electron chi connectivity index (χ3n) is 1.77. The molecule has 0 bridgehead atoms. The summed E-state index contributed by atoms with van der Waals surface area (Å²) in [4.78, 5) is 4.40. The number of rotatable bonds is 2. The van der Waals surface area contributed by atoms with Crippen LogP contribution in [0.2, 0.25) is 0 Å². The lowest BCUT2D eigenvalue weighted by molar-refractivity contribution is 0.798. The van der Waals surface area contributed by atoms with Gasteiger partial charge >= 0.3 is 0 Å². The molecule has 3 nitrogen and oxygen atoms in total. The molecule has 0 radical (unpaired) electrons. The quantitative estimate of drug-likeness (QED) is 0.793. The van der Waals surface area contributed by atoms with E-state index in [1.807, 2.05) is 55.9 Å². The molecule has 0 spiro atoms. The van der Waals surface area contributed by atoms with E-state index in [4.69, 9.17) is 0 Å². The molecule has 0 aliphatic rings. The van der Waals surface area contributed by atoms with Crippen molar-refractivity contribution < 1.29 is 1.43 Å². The second-order valence-corrected chi connectivity index (χ2v) is 2.73. The van der Waals surface area contributed by atoms with Gasteiger partial charge < -0.3 is 9.72 Å². The highest BCUT2D eigenvalue weighted by Gasteiger charge is 1.97. The lowest BCUT2D eigenvalue weighted by atomic mass is 10.5. The first-order valence-corrected chi connectivity index (χ1v) is 4.97. The van der Waals surface area contributed by atoms with Gasteiger partial charge in [0.05, 0.1) is 5.69 Å². The van der Waals surface area contributed by atoms with Crippen LogP contribution in [0.1, 0.15) is 21.0 Å². The molecule has 0 aliphatic carbocycles. The summed E-state index contributed by atoms with van der Waals surface area (Å²) in [6.07, 6.45) is 4.04. The predicted molar refractivity (Wildman–Crippen MR) is 61.4 cm³/mol. The van der Waals surface area contributed by atoms with Crippen LogP contribution < -0.4 is 5.32 Å². The van der Waals surface area contributed by atoms with Crippen molar-refractivity contribution in [3.8, 4) is 0 Å². The molecule has 14 heavy (non-hydrogen) atoms. The largest absolute Gasteiger partial charge is 0.314 e. The highest BCUT2D eigenvalue weighted by molar-refractivity contribution is 5.39. The molecule has 2 aromatic heterocycles. The fraction of sp³-hybridized carbons (Fsp3) is 0.364. The minimum atomic E-state index is 0. The zero-order chi connectivity index (χ0) is 10.4. The summed E-state index contributed by atoms with van der Waals surface area (Å²) in [6.45, 7) is 4.82. The zero-order valence-electron chi connectivity index (χ0n) is 8.99. The van der Waals surface area contributed by atoms with Crippen LogP contribution in [0.5, 0.6) is 0 Å². The number of aromatic nitrogens is 2. The second kappa shape index (κ2) is 5.40. The van der Waals surface area contributed by atoms with Crippen molar-refractivity contribution in [1.82, 2.24) is 14.7 Å². The van der Waals surface area contributed by atoms with E-state index in [-0.39, 0.29) is 1.43 Å². The Balaban J connectivity index is 0.000000617. The van der Waals surface area contributed by atoms with Gasteiger partial charge in [0.25, 0.3) is 0 Å². The van der Waals surface area contributed by atoms with Crippen molar-refractivity contribution >= 4 is 5.65 Å². The molecule has 0 fully saturated rings. The Morgan fingerprint density at radius 1 is 1.43 bits per heavy atom. The smallest absolute Gasteiger partial charge is 0.137 e. The Labute approximate surface area is 86.3 Å². The minimum absolute atomic E-state index is 0. The van der Waals surface area contributed by atoms with E-state index in [1.54, 1.807) is 0 Å². The van der Waals surface area contributed by atoms with Gasteiger partial charge in [0, 0.05) is 20.4 Å². The van der Waals surface area contributed by atoms with Gasteiger partial charge in [0.1, 0.15) is 5.65 Å². The molecule has 3 heteroatoms. The summed E-state index contributed by atoms with van der Waals surface area (Å²) in [5.74, 6) is 0. The number of fused-ring (bicyclic) bond motifs is 1. The van der Waals surface area contributed by atoms with E-state index in [2.05, 4.69) is 10.3 Å². The molecular weight excluding hydrogens is 174 g/mol. The summed E-state index contributed by atoms with van der Waals surface area (Å²) >= 11 is 0. The first-order chi connectivity index (χ1) is 6.90. The fourth-order valence-electron chi connectivity index (χ4n) is 1.25. The number of pyridine rings is 1. The van der Waals surface area contributed by atoms with Gasteiger partial charge in [-0.15, -0.1) is 0 Å². The monoisotopic (exact) mass is 193 g/mol. The molecule has 2 aromatic rings. The Morgan fingerprint density at radius 3 is 2.86 bits per heavy atom. The maximum Gasteiger partial charge on any atom is 0.137 e. The topological polar surface area (TPSA) is 29.3 Å². The van der Waals surface area contributed by atoms with E-state index in [1.165, 1.54) is 0 Å². The lowest BCUT2D eigenvalue weighted by Crippen LogP contribution is -2.04. The summed E-state index contributed by atoms with van der Waals surface area (Å²) in [5.41, 5.74) is 2.08. The van der Waals surface area contributed by atoms with Crippen molar-refractivity contribution in [2.24, 2.45) is 0 Å². The van der Waals surface area contributed by atoms with Crippen LogP contribution in [0, 0.1) is 0 Å². The van der Waals surface area contributed by atoms with Crippen LogP contribution >= 0.6 is 0 Å². The van der Waals surface area contributed by atoms with Crippen molar-refractivity contribution in [3.05, 3.63) is 36.3 Å². The maximum atomic E-state index is 4.40. The Kier molecular flexibility index (Phi) is 4.13. The van der Waals surface area contributed by atoms with Gasteiger partial charge in [-0.25, -0.2) is 4.98 Å². The van der Waals surface area contributed by atoms with Gasteiger partial charge in [-0.1, -0.05) is 19.9 Å². The summed E-state index contributed by atoms with van der Waals surface area (Å²) in [5, 5.41) is 3.07. The average Bonchev–Trinajstić information content (AvgIpc) is 2.63. The van der Waals surface area contributed by atoms with Crippen LogP contribution in [-0.4, -0.2) is 16.4 Å². The van der Waals surface area contributed by atoms with Crippen LogP contribution in [0.3, 0.4) is 0 Å². The fourth-order valence-corrected chi connectivity index (χ4v) is 1.25. The van der Waals surface area contributed by atoms with E-state index in [9.17, 15) is 0 Å². The molecule has 2 rings (SSSR count). The van der Waals surface area contributed by atoms with Crippen molar-refractivity contribution in [1.29, 1.82) is 0 Å². The molecule has 1 N–H and O–H groups in total. The van der Waals surface area contributed by atoms with E-state index in [0.717, 1.165) is 17.9 Å². The van der Waals surface area contributed by atoms with E-state index >= 15 is 0 Å². The Morgan fingerprint density at radius 2 is 2.21 bits per heavy atom. The molecule has 0 aromatic carbocycles. The first kappa shape index (κ1) is 10.7. The van der Waals surface area contributed by atoms with E-state index in [0.29, 0.717) is 0 Å². The predicted octanol–water partition coefficient (Wildman–Crippen LogP) is 2.33. The average molecular weight is 193 g/mol. The number of imidazole rings is 1. The van der Waals surface area contributed by atoms with Crippen LogP contribution in [0.25, 0.3) is 5.65 Å². The molecule has 0 saturated heterocycles. The van der Waals surface area contributed by atoms with Crippen LogP contribution in [-0.2, 0) is 6.54 Å². The van der Waals surface area contributed by atoms with Crippen molar-refractivity contribution in [3.63, 3.8) is 0 Å². The molecule has 0 atom stereocenters. The third kappa shape index (κ3) is 2.33. The van der Waals surface area contributed by atoms with E-state index < -0.39 is 0 Å². The molecule has 78 valence electrons. The second-order valence-electron chi connectivity index (χ2n) is 2.73. The number of nitrogens with zero attached hydrogens (tertiary/aromatic N) is 2. The molecule has 0 amide bonds. The number of nitrogens with one attached hydrogen (secondary N) is 1. The molecule has 0 aliphatic heterocycles. The standard InChI is InChI=1S/C9H11N3.C2H6.H2/c1-10-6-8-7-12-5-3-2-4-9(12)11-8;1-2;/h2-5,7,10H,6H2,1H3;1-2H3;1H. The van der Waals surface area contributed by atoms with Gasteiger partial charge in [-0.3, -0.25) is 0 Å². The zero-order valence-corrected chi connectivity index (χ0v) is 8.99. The SMILES string of the molecule is CC.CNCc1cn2ccccc2n1.[HH]. The molecule has 0 unspecified atom stereocenters. The van der Waals surface area contributed by atoms with Crippen molar-refractivity contribution in [2.75, 3.05) is 7.05 Å². The van der Waals surface area contributed by atoms with Crippen LogP contribution in [0.15, 0.2) is 30.6 Å². The van der Waals surface area contributed by atoms with Crippen molar-refractivity contribution in [2.45, 2.75) is 20.4 Å². The summed E-state index contributed by atoms with van der Waals surface area (Å²) < 4.78 is 2.02. The van der Waals surface area contributed by atoms with Gasteiger partial charge in [-0.05, 0) is 19.2 Å². The first-order valence-electron chi connectivity index (χ1n) is 4.97. The number of hydrogen-bond donors (Lipinski definition) is 1. The normalized spacial score (nSPS) is 9.64. The summed E-state index contributed by atoms with van der Waals surface area (Å²) in [6, 6.07) is 5.99. The lowest BCUT2D eigenvalue weighted by Gasteiger charge is -1.88. The summed E-state index contributed by atoms with van der Waals surface area (Å²) in [7, 11) is 1.92. The molecular formula is C11H19N3. The molecule has 2 heterocycles. The molecule has 0 saturated carbocycles. The van der Waals surface area contributed by atoms with Crippen LogP contribution in [0.4, 0.5) is 0 Å². The minimum Gasteiger partial charge on any atom is -0.314 e. The maximum absolute atomic E-state index is 4.40. The van der Waals surface area contributed by atoms with Gasteiger partial charge in [-0.2, -0.15) is 0 Å². The number of hydrogen-bond acceptors (Lipinski definition) is 2. The highest BCUT2D eigenvalue weighted by Crippen LogP contribution is 2.03. The Hall–Kier alpha value is -1.35. The third-order valence-corrected chi connectivity index (χ3v) is 1.77.